The Morgan fingerprint density at radius 3 is 2.39 bits per heavy atom. The van der Waals surface area contributed by atoms with Crippen molar-refractivity contribution in [3.63, 3.8) is 0 Å². The van der Waals surface area contributed by atoms with Crippen LogP contribution in [0.25, 0.3) is 22.0 Å². The lowest BCUT2D eigenvalue weighted by Gasteiger charge is -2.35. The number of aromatic amines is 1. The summed E-state index contributed by atoms with van der Waals surface area (Å²) in [4.78, 5) is 51.3. The second kappa shape index (κ2) is 16.5. The van der Waals surface area contributed by atoms with E-state index in [0.29, 0.717) is 24.1 Å². The van der Waals surface area contributed by atoms with Crippen LogP contribution in [-0.2, 0) is 11.3 Å². The number of hydrogen-bond donors (Lipinski definition) is 3. The lowest BCUT2D eigenvalue weighted by Crippen LogP contribution is -2.48. The van der Waals surface area contributed by atoms with Gasteiger partial charge in [0.05, 0.1) is 17.3 Å². The molecule has 0 radical (unpaired) electrons. The standard InChI is InChI=1S/C40H54N8O3/c1-8-13-40(9-2,10-3)23-37(49)41-14-15-46-16-18-47(19-17-46)36-12-11-30(24-42-36)31-21-32(34-26-44-48(27(4)5)35(34)22-31)38(50)43-25-33-28(6)20-29(7)45-39(33)51/h8,11-12,20-22,24,26-27H,1,9-10,13-19,23,25H2,2-7H3,(H,41,49)(H,43,50)(H,45,51). The average molecular weight is 695 g/mol. The van der Waals surface area contributed by atoms with Gasteiger partial charge in [0.1, 0.15) is 5.82 Å². The number of benzene rings is 1. The van der Waals surface area contributed by atoms with E-state index in [2.05, 4.69) is 76.9 Å². The van der Waals surface area contributed by atoms with E-state index < -0.39 is 0 Å². The first-order chi connectivity index (χ1) is 24.5. The van der Waals surface area contributed by atoms with Crippen LogP contribution in [0.3, 0.4) is 0 Å². The molecule has 272 valence electrons. The first kappa shape index (κ1) is 37.5. The van der Waals surface area contributed by atoms with Crippen LogP contribution in [0, 0.1) is 19.3 Å². The molecule has 51 heavy (non-hydrogen) atoms. The number of pyridine rings is 2. The van der Waals surface area contributed by atoms with Gasteiger partial charge in [-0.05, 0) is 93.8 Å². The van der Waals surface area contributed by atoms with Gasteiger partial charge in [0.2, 0.25) is 5.91 Å². The lowest BCUT2D eigenvalue weighted by molar-refractivity contribution is -0.123. The number of nitrogens with one attached hydrogen (secondary N) is 3. The third-order valence-electron chi connectivity index (χ3n) is 10.5. The smallest absolute Gasteiger partial charge is 0.253 e. The number of amides is 2. The molecule has 1 fully saturated rings. The molecule has 0 aliphatic carbocycles. The number of hydrogen-bond acceptors (Lipinski definition) is 7. The molecular weight excluding hydrogens is 640 g/mol. The highest BCUT2D eigenvalue weighted by Crippen LogP contribution is 2.35. The van der Waals surface area contributed by atoms with Crippen LogP contribution in [0.2, 0.25) is 0 Å². The Bertz CT molecular complexity index is 1900. The van der Waals surface area contributed by atoms with Crippen LogP contribution in [-0.4, -0.2) is 75.7 Å². The molecule has 0 atom stereocenters. The summed E-state index contributed by atoms with van der Waals surface area (Å²) in [7, 11) is 0. The second-order valence-electron chi connectivity index (χ2n) is 14.2. The van der Waals surface area contributed by atoms with E-state index in [-0.39, 0.29) is 35.4 Å². The highest BCUT2D eigenvalue weighted by molar-refractivity contribution is 6.08. The normalized spacial score (nSPS) is 13.9. The monoisotopic (exact) mass is 694 g/mol. The molecule has 0 saturated carbocycles. The Kier molecular flexibility index (Phi) is 12.1. The van der Waals surface area contributed by atoms with Gasteiger partial charge in [-0.2, -0.15) is 5.10 Å². The van der Waals surface area contributed by atoms with Gasteiger partial charge in [-0.25, -0.2) is 4.98 Å². The van der Waals surface area contributed by atoms with Gasteiger partial charge in [-0.1, -0.05) is 19.9 Å². The molecule has 2 amide bonds. The lowest BCUT2D eigenvalue weighted by atomic mass is 9.76. The molecule has 4 heterocycles. The highest BCUT2D eigenvalue weighted by Gasteiger charge is 2.28. The van der Waals surface area contributed by atoms with E-state index in [0.717, 1.165) is 91.1 Å². The Morgan fingerprint density at radius 1 is 1.02 bits per heavy atom. The number of carbonyl (C=O) groups is 2. The van der Waals surface area contributed by atoms with Crippen molar-refractivity contribution in [1.82, 2.24) is 35.3 Å². The van der Waals surface area contributed by atoms with E-state index >= 15 is 0 Å². The zero-order valence-corrected chi connectivity index (χ0v) is 31.1. The van der Waals surface area contributed by atoms with E-state index in [9.17, 15) is 14.4 Å². The van der Waals surface area contributed by atoms with E-state index in [1.54, 1.807) is 6.20 Å². The summed E-state index contributed by atoms with van der Waals surface area (Å²) >= 11 is 0. The topological polar surface area (TPSA) is 128 Å². The summed E-state index contributed by atoms with van der Waals surface area (Å²) in [6.45, 7) is 21.1. The Labute approximate surface area is 301 Å². The highest BCUT2D eigenvalue weighted by atomic mass is 16.2. The van der Waals surface area contributed by atoms with Crippen molar-refractivity contribution in [2.75, 3.05) is 44.2 Å². The summed E-state index contributed by atoms with van der Waals surface area (Å²) in [6.07, 6.45) is 8.88. The van der Waals surface area contributed by atoms with Gasteiger partial charge >= 0.3 is 0 Å². The van der Waals surface area contributed by atoms with Gasteiger partial charge < -0.3 is 20.5 Å². The fourth-order valence-corrected chi connectivity index (χ4v) is 7.14. The third kappa shape index (κ3) is 8.76. The average Bonchev–Trinajstić information content (AvgIpc) is 3.55. The summed E-state index contributed by atoms with van der Waals surface area (Å²) in [5.74, 6) is 0.765. The quantitative estimate of drug-likeness (QED) is 0.132. The van der Waals surface area contributed by atoms with Crippen molar-refractivity contribution in [2.24, 2.45) is 5.41 Å². The predicted octanol–water partition coefficient (Wildman–Crippen LogP) is 5.93. The molecular formula is C40H54N8O3. The molecule has 3 aromatic heterocycles. The van der Waals surface area contributed by atoms with Crippen LogP contribution in [0.15, 0.2) is 60.2 Å². The molecule has 1 aliphatic heterocycles. The van der Waals surface area contributed by atoms with Crippen molar-refractivity contribution in [1.29, 1.82) is 0 Å². The molecule has 1 saturated heterocycles. The second-order valence-corrected chi connectivity index (χ2v) is 14.2. The van der Waals surface area contributed by atoms with E-state index in [1.165, 1.54) is 0 Å². The fraction of sp³-hybridized carbons (Fsp3) is 0.475. The minimum absolute atomic E-state index is 0.00423. The first-order valence-electron chi connectivity index (χ1n) is 18.3. The van der Waals surface area contributed by atoms with Crippen molar-refractivity contribution < 1.29 is 9.59 Å². The summed E-state index contributed by atoms with van der Waals surface area (Å²) < 4.78 is 1.92. The van der Waals surface area contributed by atoms with Crippen molar-refractivity contribution in [3.8, 4) is 11.1 Å². The van der Waals surface area contributed by atoms with Crippen molar-refractivity contribution in [3.05, 3.63) is 88.1 Å². The molecule has 11 heteroatoms. The zero-order chi connectivity index (χ0) is 36.7. The van der Waals surface area contributed by atoms with E-state index in [1.807, 2.05) is 49.0 Å². The molecule has 3 N–H and O–H groups in total. The van der Waals surface area contributed by atoms with Crippen LogP contribution in [0.5, 0.6) is 0 Å². The van der Waals surface area contributed by atoms with Gasteiger partial charge in [0.25, 0.3) is 11.5 Å². The fourth-order valence-electron chi connectivity index (χ4n) is 7.14. The number of aromatic nitrogens is 4. The minimum atomic E-state index is -0.269. The minimum Gasteiger partial charge on any atom is -0.355 e. The molecule has 11 nitrogen and oxygen atoms in total. The zero-order valence-electron chi connectivity index (χ0n) is 31.1. The van der Waals surface area contributed by atoms with E-state index in [4.69, 9.17) is 4.98 Å². The number of piperazine rings is 1. The number of aryl methyl sites for hydroxylation is 2. The number of carbonyl (C=O) groups excluding carboxylic acids is 2. The van der Waals surface area contributed by atoms with Crippen LogP contribution >= 0.6 is 0 Å². The number of fused-ring (bicyclic) bond motifs is 1. The van der Waals surface area contributed by atoms with Gasteiger partial charge in [0, 0.05) is 86.7 Å². The maximum Gasteiger partial charge on any atom is 0.253 e. The van der Waals surface area contributed by atoms with Crippen LogP contribution in [0.4, 0.5) is 5.82 Å². The van der Waals surface area contributed by atoms with Crippen molar-refractivity contribution in [2.45, 2.75) is 79.8 Å². The SMILES string of the molecule is C=CCC(CC)(CC)CC(=O)NCCN1CCN(c2ccc(-c3cc(C(=O)NCc4c(C)cc(C)[nH]c4=O)c4cnn(C(C)C)c4c3)cn2)CC1. The molecule has 1 aliphatic rings. The maximum atomic E-state index is 13.7. The molecule has 0 unspecified atom stereocenters. The molecule has 4 aromatic rings. The number of rotatable bonds is 15. The summed E-state index contributed by atoms with van der Waals surface area (Å²) in [5.41, 5.74) is 5.10. The van der Waals surface area contributed by atoms with Gasteiger partial charge in [0.15, 0.2) is 0 Å². The third-order valence-corrected chi connectivity index (χ3v) is 10.5. The van der Waals surface area contributed by atoms with Gasteiger partial charge in [-0.3, -0.25) is 24.0 Å². The largest absolute Gasteiger partial charge is 0.355 e. The number of nitrogens with zero attached hydrogens (tertiary/aromatic N) is 5. The van der Waals surface area contributed by atoms with Gasteiger partial charge in [-0.15, -0.1) is 6.58 Å². The van der Waals surface area contributed by atoms with Crippen LogP contribution < -0.4 is 21.1 Å². The Morgan fingerprint density at radius 2 is 1.76 bits per heavy atom. The number of allylic oxidation sites excluding steroid dienone is 1. The molecule has 0 spiro atoms. The predicted molar refractivity (Wildman–Crippen MR) is 205 cm³/mol. The molecule has 5 rings (SSSR count). The first-order valence-corrected chi connectivity index (χ1v) is 18.3. The maximum absolute atomic E-state index is 13.7. The summed E-state index contributed by atoms with van der Waals surface area (Å²) in [6, 6.07) is 10.0. The summed E-state index contributed by atoms with van der Waals surface area (Å²) in [5, 5.41) is 11.5. The Hall–Kier alpha value is -4.77. The molecule has 0 bridgehead atoms. The number of anilines is 1. The Balaban J connectivity index is 1.23. The number of H-pyrrole nitrogens is 1. The van der Waals surface area contributed by atoms with Crippen molar-refractivity contribution >= 4 is 28.5 Å². The van der Waals surface area contributed by atoms with Crippen LogP contribution in [0.1, 0.15) is 86.6 Å². The molecule has 1 aromatic carbocycles.